The zero-order chi connectivity index (χ0) is 12.7. The molecule has 0 saturated heterocycles. The maximum Gasteiger partial charge on any atom is 0.0180 e. The van der Waals surface area contributed by atoms with Crippen LogP contribution in [0.1, 0.15) is 41.5 Å². The fourth-order valence-corrected chi connectivity index (χ4v) is 1.79. The highest BCUT2D eigenvalue weighted by Gasteiger charge is 2.27. The smallest absolute Gasteiger partial charge is 0.0180 e. The second-order valence-corrected chi connectivity index (χ2v) is 6.59. The van der Waals surface area contributed by atoms with Crippen molar-refractivity contribution in [2.75, 3.05) is 0 Å². The highest BCUT2D eigenvalue weighted by Crippen LogP contribution is 2.38. The van der Waals surface area contributed by atoms with E-state index in [0.717, 1.165) is 11.1 Å². The second-order valence-electron chi connectivity index (χ2n) is 6.59. The summed E-state index contributed by atoms with van der Waals surface area (Å²) in [6.07, 6.45) is 3.97. The van der Waals surface area contributed by atoms with Gasteiger partial charge in [-0.3, -0.25) is 0 Å². The van der Waals surface area contributed by atoms with Gasteiger partial charge in [0.15, 0.2) is 0 Å². The zero-order valence-corrected chi connectivity index (χ0v) is 11.2. The van der Waals surface area contributed by atoms with Crippen LogP contribution in [0, 0.1) is 16.2 Å². The second kappa shape index (κ2) is 3.85. The van der Waals surface area contributed by atoms with Crippen LogP contribution < -0.4 is 0 Å². The first-order valence-electron chi connectivity index (χ1n) is 5.77. The molecule has 16 heavy (non-hydrogen) atoms. The van der Waals surface area contributed by atoms with E-state index < -0.39 is 6.04 Å². The van der Waals surface area contributed by atoms with E-state index in [1.165, 1.54) is 0 Å². The van der Waals surface area contributed by atoms with Crippen molar-refractivity contribution < 1.29 is 0 Å². The Morgan fingerprint density at radius 2 is 1.50 bits per heavy atom. The molecule has 0 aromatic heterocycles. The predicted octanol–water partition coefficient (Wildman–Crippen LogP) is 4.39. The average molecular weight is 219 g/mol. The highest BCUT2D eigenvalue weighted by atomic mass is 14.7. The minimum atomic E-state index is -0.494. The van der Waals surface area contributed by atoms with Gasteiger partial charge in [-0.05, 0) is 22.5 Å². The van der Waals surface area contributed by atoms with Gasteiger partial charge in [-0.1, -0.05) is 59.2 Å². The van der Waals surface area contributed by atoms with Gasteiger partial charge >= 0.3 is 0 Å². The molecule has 1 atom stereocenters. The highest BCUT2D eigenvalue weighted by molar-refractivity contribution is 6.02. The van der Waals surface area contributed by atoms with Crippen molar-refractivity contribution in [3.63, 3.8) is 0 Å². The molecule has 0 spiro atoms. The third-order valence-electron chi connectivity index (χ3n) is 2.98. The molecule has 1 rings (SSSR count). The Labute approximate surface area is 99.1 Å². The normalized spacial score (nSPS) is 22.9. The van der Waals surface area contributed by atoms with E-state index >= 15 is 0 Å². The van der Waals surface area contributed by atoms with E-state index in [1.54, 1.807) is 0 Å². The molecule has 2 heteroatoms. The summed E-state index contributed by atoms with van der Waals surface area (Å²) in [4.78, 5) is 0. The van der Waals surface area contributed by atoms with Crippen LogP contribution in [0.25, 0.3) is 5.73 Å². The monoisotopic (exact) mass is 219 g/mol. The molecular formula is C14H23N2-. The van der Waals surface area contributed by atoms with Crippen LogP contribution in [0.3, 0.4) is 0 Å². The first-order valence-corrected chi connectivity index (χ1v) is 5.77. The van der Waals surface area contributed by atoms with E-state index in [2.05, 4.69) is 47.6 Å². The molecule has 0 radical (unpaired) electrons. The van der Waals surface area contributed by atoms with E-state index in [-0.39, 0.29) is 10.8 Å². The Morgan fingerprint density at radius 3 is 1.88 bits per heavy atom. The Morgan fingerprint density at radius 1 is 1.00 bits per heavy atom. The van der Waals surface area contributed by atoms with Gasteiger partial charge in [0.25, 0.3) is 0 Å². The molecule has 90 valence electrons. The van der Waals surface area contributed by atoms with Crippen LogP contribution >= 0.6 is 0 Å². The number of allylic oxidation sites excluding steroid dienone is 2. The summed E-state index contributed by atoms with van der Waals surface area (Å²) in [7, 11) is 0. The number of hydrogen-bond donors (Lipinski definition) is 1. The number of hydrogen-bond acceptors (Lipinski definition) is 1. The quantitative estimate of drug-likeness (QED) is 0.628. The van der Waals surface area contributed by atoms with Crippen LogP contribution in [-0.2, 0) is 0 Å². The molecule has 0 amide bonds. The van der Waals surface area contributed by atoms with Crippen molar-refractivity contribution >= 4 is 5.71 Å². The van der Waals surface area contributed by atoms with Crippen LogP contribution in [0.15, 0.2) is 23.3 Å². The van der Waals surface area contributed by atoms with Gasteiger partial charge in [-0.25, -0.2) is 0 Å². The first-order chi connectivity index (χ1) is 7.03. The molecule has 2 N–H and O–H groups in total. The fraction of sp³-hybridized carbons (Fsp3) is 0.643. The van der Waals surface area contributed by atoms with Crippen LogP contribution in [0.2, 0.25) is 0 Å². The molecular weight excluding hydrogens is 196 g/mol. The minimum absolute atomic E-state index is 0.0382. The van der Waals surface area contributed by atoms with Gasteiger partial charge in [0.05, 0.1) is 0 Å². The van der Waals surface area contributed by atoms with Gasteiger partial charge in [0.2, 0.25) is 0 Å². The molecule has 0 aromatic rings. The summed E-state index contributed by atoms with van der Waals surface area (Å²) < 4.78 is 0. The first kappa shape index (κ1) is 13.2. The summed E-state index contributed by atoms with van der Waals surface area (Å²) in [5.41, 5.74) is 10.7. The van der Waals surface area contributed by atoms with Crippen molar-refractivity contribution in [1.82, 2.24) is 0 Å². The van der Waals surface area contributed by atoms with E-state index in [1.807, 2.05) is 6.08 Å². The van der Waals surface area contributed by atoms with Crippen molar-refractivity contribution in [3.05, 3.63) is 29.0 Å². The Kier molecular flexibility index (Phi) is 3.17. The van der Waals surface area contributed by atoms with Crippen molar-refractivity contribution in [1.29, 1.82) is 5.41 Å². The Hall–Kier alpha value is -0.890. The molecule has 1 unspecified atom stereocenters. The van der Waals surface area contributed by atoms with Crippen molar-refractivity contribution in [2.45, 2.75) is 47.6 Å². The van der Waals surface area contributed by atoms with Gasteiger partial charge in [0.1, 0.15) is 0 Å². The molecule has 1 aliphatic rings. The van der Waals surface area contributed by atoms with Crippen molar-refractivity contribution in [3.8, 4) is 0 Å². The standard InChI is InChI=1S/C14H23N2/c1-13(2,3)9-7-10(14(4,5)6)12(16)11(15)8-9/h7-8,12,15-16H,1-6H3/q-1. The van der Waals surface area contributed by atoms with Crippen LogP contribution in [0.4, 0.5) is 0 Å². The molecule has 1 aliphatic carbocycles. The van der Waals surface area contributed by atoms with Gasteiger partial charge in [-0.2, -0.15) is 0 Å². The predicted molar refractivity (Wildman–Crippen MR) is 70.9 cm³/mol. The van der Waals surface area contributed by atoms with Crippen LogP contribution in [0.5, 0.6) is 0 Å². The maximum atomic E-state index is 8.05. The van der Waals surface area contributed by atoms with Crippen molar-refractivity contribution in [2.24, 2.45) is 10.8 Å². The average Bonchev–Trinajstić information content (AvgIpc) is 2.05. The lowest BCUT2D eigenvalue weighted by Gasteiger charge is -2.38. The summed E-state index contributed by atoms with van der Waals surface area (Å²) in [6.45, 7) is 12.8. The SMILES string of the molecule is CC(C)(C)C1=CC(=N)C([NH-])C(C(C)(C)C)=C1. The summed E-state index contributed by atoms with van der Waals surface area (Å²) in [6, 6.07) is -0.494. The molecule has 0 saturated carbocycles. The van der Waals surface area contributed by atoms with Crippen LogP contribution in [-0.4, -0.2) is 11.8 Å². The molecule has 0 aliphatic heterocycles. The number of rotatable bonds is 0. The lowest BCUT2D eigenvalue weighted by Crippen LogP contribution is -2.30. The van der Waals surface area contributed by atoms with Gasteiger partial charge in [-0.15, -0.1) is 0 Å². The molecule has 0 bridgehead atoms. The topological polar surface area (TPSA) is 47.7 Å². The molecule has 0 fully saturated rings. The maximum absolute atomic E-state index is 8.05. The fourth-order valence-electron chi connectivity index (χ4n) is 1.79. The lowest BCUT2D eigenvalue weighted by molar-refractivity contribution is 0.477. The minimum Gasteiger partial charge on any atom is -0.666 e. The molecule has 0 aromatic carbocycles. The Balaban J connectivity index is 3.23. The van der Waals surface area contributed by atoms with E-state index in [4.69, 9.17) is 11.1 Å². The Bertz CT molecular complexity index is 359. The van der Waals surface area contributed by atoms with E-state index in [9.17, 15) is 0 Å². The summed E-state index contributed by atoms with van der Waals surface area (Å²) in [5.74, 6) is 0. The largest absolute Gasteiger partial charge is 0.666 e. The van der Waals surface area contributed by atoms with Gasteiger partial charge in [0, 0.05) is 5.71 Å². The molecule has 2 nitrogen and oxygen atoms in total. The lowest BCUT2D eigenvalue weighted by atomic mass is 9.73. The number of nitrogens with one attached hydrogen (secondary N) is 2. The molecule has 0 heterocycles. The third-order valence-corrected chi connectivity index (χ3v) is 2.98. The van der Waals surface area contributed by atoms with Gasteiger partial charge < -0.3 is 11.1 Å². The van der Waals surface area contributed by atoms with E-state index in [0.29, 0.717) is 5.71 Å². The zero-order valence-electron chi connectivity index (χ0n) is 11.2. The summed E-state index contributed by atoms with van der Waals surface area (Å²) in [5, 5.41) is 7.91. The summed E-state index contributed by atoms with van der Waals surface area (Å²) >= 11 is 0. The third kappa shape index (κ3) is 2.62.